The lowest BCUT2D eigenvalue weighted by Gasteiger charge is -2.10. The summed E-state index contributed by atoms with van der Waals surface area (Å²) in [4.78, 5) is 4.32. The van der Waals surface area contributed by atoms with Gasteiger partial charge in [-0.25, -0.2) is 4.98 Å². The molecule has 2 rings (SSSR count). The zero-order chi connectivity index (χ0) is 13.7. The third kappa shape index (κ3) is 3.27. The van der Waals surface area contributed by atoms with Crippen LogP contribution in [0.3, 0.4) is 0 Å². The Morgan fingerprint density at radius 1 is 1.47 bits per heavy atom. The standard InChI is InChI=1S/C14H15ClN4/c1-2-6-19-7-5-17-14(19)10-18-13-4-3-11(9-16)8-12(13)15/h3-5,7-8,18H,2,6,10H2,1H3. The molecule has 1 aromatic heterocycles. The van der Waals surface area contributed by atoms with E-state index < -0.39 is 0 Å². The van der Waals surface area contributed by atoms with Crippen LogP contribution in [-0.4, -0.2) is 9.55 Å². The monoisotopic (exact) mass is 274 g/mol. The highest BCUT2D eigenvalue weighted by atomic mass is 35.5. The first-order valence-electron chi connectivity index (χ1n) is 6.18. The van der Waals surface area contributed by atoms with Gasteiger partial charge in [0.15, 0.2) is 0 Å². The first-order chi connectivity index (χ1) is 9.24. The smallest absolute Gasteiger partial charge is 0.128 e. The molecule has 0 atom stereocenters. The summed E-state index contributed by atoms with van der Waals surface area (Å²) in [5, 5.41) is 12.6. The fourth-order valence-electron chi connectivity index (χ4n) is 1.85. The SMILES string of the molecule is CCCn1ccnc1CNc1ccc(C#N)cc1Cl. The Kier molecular flexibility index (Phi) is 4.43. The molecule has 1 N–H and O–H groups in total. The van der Waals surface area contributed by atoms with Crippen molar-refractivity contribution >= 4 is 17.3 Å². The van der Waals surface area contributed by atoms with Crippen LogP contribution in [0.4, 0.5) is 5.69 Å². The van der Waals surface area contributed by atoms with E-state index in [-0.39, 0.29) is 0 Å². The fourth-order valence-corrected chi connectivity index (χ4v) is 2.10. The average molecular weight is 275 g/mol. The van der Waals surface area contributed by atoms with Crippen molar-refractivity contribution in [2.45, 2.75) is 26.4 Å². The summed E-state index contributed by atoms with van der Waals surface area (Å²) >= 11 is 6.11. The Morgan fingerprint density at radius 2 is 2.32 bits per heavy atom. The molecule has 0 spiro atoms. The van der Waals surface area contributed by atoms with Gasteiger partial charge in [-0.2, -0.15) is 5.26 Å². The Morgan fingerprint density at radius 3 is 3.00 bits per heavy atom. The van der Waals surface area contributed by atoms with Crippen molar-refractivity contribution in [3.63, 3.8) is 0 Å². The summed E-state index contributed by atoms with van der Waals surface area (Å²) in [6.07, 6.45) is 4.84. The summed E-state index contributed by atoms with van der Waals surface area (Å²) in [6.45, 7) is 3.70. The molecule has 0 aliphatic heterocycles. The molecule has 1 aromatic carbocycles. The van der Waals surface area contributed by atoms with Crippen LogP contribution in [0.1, 0.15) is 24.7 Å². The first kappa shape index (κ1) is 13.4. The van der Waals surface area contributed by atoms with Gasteiger partial charge in [0.1, 0.15) is 5.82 Å². The molecule has 0 fully saturated rings. The van der Waals surface area contributed by atoms with E-state index in [1.165, 1.54) is 0 Å². The number of benzene rings is 1. The van der Waals surface area contributed by atoms with Crippen molar-refractivity contribution in [1.82, 2.24) is 9.55 Å². The zero-order valence-corrected chi connectivity index (χ0v) is 11.5. The number of aromatic nitrogens is 2. The minimum atomic E-state index is 0.549. The van der Waals surface area contributed by atoms with E-state index in [4.69, 9.17) is 16.9 Å². The Hall–Kier alpha value is -1.99. The third-order valence-electron chi connectivity index (χ3n) is 2.80. The summed E-state index contributed by atoms with van der Waals surface area (Å²) in [5.74, 6) is 0.974. The molecule has 4 nitrogen and oxygen atoms in total. The maximum atomic E-state index is 8.79. The summed E-state index contributed by atoms with van der Waals surface area (Å²) in [7, 11) is 0. The second-order valence-electron chi connectivity index (χ2n) is 4.20. The van der Waals surface area contributed by atoms with Crippen molar-refractivity contribution in [2.75, 3.05) is 5.32 Å². The Bertz CT molecular complexity index is 598. The van der Waals surface area contributed by atoms with Gasteiger partial charge in [-0.1, -0.05) is 18.5 Å². The van der Waals surface area contributed by atoms with Crippen LogP contribution < -0.4 is 5.32 Å². The van der Waals surface area contributed by atoms with Crippen LogP contribution in [0, 0.1) is 11.3 Å². The number of rotatable bonds is 5. The Labute approximate surface area is 117 Å². The van der Waals surface area contributed by atoms with Gasteiger partial charge in [0.25, 0.3) is 0 Å². The number of nitriles is 1. The van der Waals surface area contributed by atoms with E-state index in [2.05, 4.69) is 27.9 Å². The predicted octanol–water partition coefficient (Wildman–Crippen LogP) is 3.43. The molecule has 1 heterocycles. The van der Waals surface area contributed by atoms with Gasteiger partial charge in [0, 0.05) is 18.9 Å². The highest BCUT2D eigenvalue weighted by Gasteiger charge is 2.05. The summed E-state index contributed by atoms with van der Waals surface area (Å²) in [5.41, 5.74) is 1.37. The van der Waals surface area contributed by atoms with Gasteiger partial charge >= 0.3 is 0 Å². The molecule has 0 unspecified atom stereocenters. The molecular formula is C14H15ClN4. The van der Waals surface area contributed by atoms with Crippen molar-refractivity contribution in [3.05, 3.63) is 47.0 Å². The van der Waals surface area contributed by atoms with Crippen molar-refractivity contribution in [1.29, 1.82) is 5.26 Å². The van der Waals surface area contributed by atoms with Gasteiger partial charge in [-0.05, 0) is 24.6 Å². The normalized spacial score (nSPS) is 10.2. The van der Waals surface area contributed by atoms with Crippen LogP contribution in [0.25, 0.3) is 0 Å². The van der Waals surface area contributed by atoms with E-state index in [9.17, 15) is 0 Å². The van der Waals surface area contributed by atoms with Gasteiger partial charge in [-0.15, -0.1) is 0 Å². The third-order valence-corrected chi connectivity index (χ3v) is 3.11. The Balaban J connectivity index is 2.06. The molecule has 0 radical (unpaired) electrons. The number of nitrogens with zero attached hydrogens (tertiary/aromatic N) is 3. The molecule has 98 valence electrons. The maximum absolute atomic E-state index is 8.79. The van der Waals surface area contributed by atoms with Crippen LogP contribution in [-0.2, 0) is 13.1 Å². The van der Waals surface area contributed by atoms with Gasteiger partial charge < -0.3 is 9.88 Å². The molecule has 0 amide bonds. The van der Waals surface area contributed by atoms with Crippen molar-refractivity contribution < 1.29 is 0 Å². The van der Waals surface area contributed by atoms with E-state index in [0.29, 0.717) is 17.1 Å². The second-order valence-corrected chi connectivity index (χ2v) is 4.60. The van der Waals surface area contributed by atoms with Crippen molar-refractivity contribution in [2.24, 2.45) is 0 Å². The number of halogens is 1. The molecule has 0 saturated carbocycles. The molecule has 0 aliphatic rings. The lowest BCUT2D eigenvalue weighted by molar-refractivity contribution is 0.644. The van der Waals surface area contributed by atoms with Gasteiger partial charge in [-0.3, -0.25) is 0 Å². The number of hydrogen-bond acceptors (Lipinski definition) is 3. The quantitative estimate of drug-likeness (QED) is 0.909. The fraction of sp³-hybridized carbons (Fsp3) is 0.286. The maximum Gasteiger partial charge on any atom is 0.128 e. The highest BCUT2D eigenvalue weighted by molar-refractivity contribution is 6.33. The second kappa shape index (κ2) is 6.26. The van der Waals surface area contributed by atoms with E-state index in [0.717, 1.165) is 24.5 Å². The summed E-state index contributed by atoms with van der Waals surface area (Å²) in [6, 6.07) is 7.27. The van der Waals surface area contributed by atoms with Crippen LogP contribution in [0.15, 0.2) is 30.6 Å². The molecule has 5 heteroatoms. The number of anilines is 1. The lowest BCUT2D eigenvalue weighted by Crippen LogP contribution is -2.08. The largest absolute Gasteiger partial charge is 0.377 e. The lowest BCUT2D eigenvalue weighted by atomic mass is 10.2. The van der Waals surface area contributed by atoms with Crippen LogP contribution in [0.5, 0.6) is 0 Å². The number of aryl methyl sites for hydroxylation is 1. The van der Waals surface area contributed by atoms with E-state index in [1.54, 1.807) is 18.3 Å². The first-order valence-corrected chi connectivity index (χ1v) is 6.56. The number of hydrogen-bond donors (Lipinski definition) is 1. The zero-order valence-electron chi connectivity index (χ0n) is 10.7. The highest BCUT2D eigenvalue weighted by Crippen LogP contribution is 2.23. The minimum absolute atomic E-state index is 0.549. The number of imidazole rings is 1. The van der Waals surface area contributed by atoms with Crippen molar-refractivity contribution in [3.8, 4) is 6.07 Å². The van der Waals surface area contributed by atoms with E-state index >= 15 is 0 Å². The molecule has 2 aromatic rings. The molecule has 0 bridgehead atoms. The average Bonchev–Trinajstić information content (AvgIpc) is 2.85. The summed E-state index contributed by atoms with van der Waals surface area (Å²) < 4.78 is 2.12. The van der Waals surface area contributed by atoms with Crippen LogP contribution >= 0.6 is 11.6 Å². The van der Waals surface area contributed by atoms with Gasteiger partial charge in [0.05, 0.1) is 28.9 Å². The minimum Gasteiger partial charge on any atom is -0.377 e. The number of nitrogens with one attached hydrogen (secondary N) is 1. The predicted molar refractivity (Wildman–Crippen MR) is 76.0 cm³/mol. The molecular weight excluding hydrogens is 260 g/mol. The molecule has 19 heavy (non-hydrogen) atoms. The van der Waals surface area contributed by atoms with E-state index in [1.807, 2.05) is 12.3 Å². The van der Waals surface area contributed by atoms with Crippen LogP contribution in [0.2, 0.25) is 5.02 Å². The topological polar surface area (TPSA) is 53.6 Å². The molecule has 0 saturated heterocycles. The van der Waals surface area contributed by atoms with Gasteiger partial charge in [0.2, 0.25) is 0 Å². The molecule has 0 aliphatic carbocycles.